The van der Waals surface area contributed by atoms with Gasteiger partial charge in [0.25, 0.3) is 5.91 Å². The summed E-state index contributed by atoms with van der Waals surface area (Å²) in [6.45, 7) is 2.01. The fraction of sp³-hybridized carbons (Fsp3) is 0.269. The van der Waals surface area contributed by atoms with Gasteiger partial charge in [0.1, 0.15) is 5.82 Å². The molecule has 3 aromatic rings. The molecule has 1 fully saturated rings. The van der Waals surface area contributed by atoms with Crippen molar-refractivity contribution in [1.82, 2.24) is 4.31 Å². The molecule has 0 unspecified atom stereocenters. The van der Waals surface area contributed by atoms with Gasteiger partial charge in [0, 0.05) is 44.0 Å². The average Bonchev–Trinajstić information content (AvgIpc) is 2.88. The zero-order valence-corrected chi connectivity index (χ0v) is 19.5. The minimum absolute atomic E-state index is 0.0820. The van der Waals surface area contributed by atoms with Crippen molar-refractivity contribution in [3.8, 4) is 0 Å². The van der Waals surface area contributed by atoms with E-state index in [0.717, 1.165) is 24.1 Å². The predicted molar refractivity (Wildman–Crippen MR) is 130 cm³/mol. The molecule has 0 spiro atoms. The van der Waals surface area contributed by atoms with Crippen LogP contribution >= 0.6 is 0 Å². The number of nitrogens with zero attached hydrogens (tertiary/aromatic N) is 3. The van der Waals surface area contributed by atoms with Gasteiger partial charge in [-0.1, -0.05) is 30.3 Å². The lowest BCUT2D eigenvalue weighted by Gasteiger charge is -2.36. The van der Waals surface area contributed by atoms with Crippen molar-refractivity contribution in [1.29, 1.82) is 0 Å². The molecule has 0 atom stereocenters. The Morgan fingerprint density at radius 3 is 2.24 bits per heavy atom. The second-order valence-corrected chi connectivity index (χ2v) is 10.5. The summed E-state index contributed by atoms with van der Waals surface area (Å²) >= 11 is 0. The summed E-state index contributed by atoms with van der Waals surface area (Å²) in [5.74, 6) is -0.385. The number of benzene rings is 3. The van der Waals surface area contributed by atoms with Crippen LogP contribution in [0.15, 0.2) is 77.7 Å². The highest BCUT2D eigenvalue weighted by molar-refractivity contribution is 7.89. The number of amides is 1. The summed E-state index contributed by atoms with van der Waals surface area (Å²) in [4.78, 5) is 16.9. The number of para-hydroxylation sites is 1. The topological polar surface area (TPSA) is 60.9 Å². The molecule has 8 heteroatoms. The van der Waals surface area contributed by atoms with Crippen LogP contribution in [-0.4, -0.2) is 51.4 Å². The highest BCUT2D eigenvalue weighted by Crippen LogP contribution is 2.32. The van der Waals surface area contributed by atoms with E-state index in [1.54, 1.807) is 53.4 Å². The molecule has 6 nitrogen and oxygen atoms in total. The van der Waals surface area contributed by atoms with Crippen LogP contribution in [0.2, 0.25) is 0 Å². The molecule has 34 heavy (non-hydrogen) atoms. The van der Waals surface area contributed by atoms with Crippen LogP contribution in [0.3, 0.4) is 0 Å². The molecule has 2 aliphatic heterocycles. The third-order valence-corrected chi connectivity index (χ3v) is 8.40. The van der Waals surface area contributed by atoms with Gasteiger partial charge >= 0.3 is 0 Å². The predicted octanol–water partition coefficient (Wildman–Crippen LogP) is 3.93. The molecule has 1 amide bonds. The quantitative estimate of drug-likeness (QED) is 0.569. The van der Waals surface area contributed by atoms with Gasteiger partial charge in [-0.2, -0.15) is 4.31 Å². The molecule has 2 heterocycles. The summed E-state index contributed by atoms with van der Waals surface area (Å²) in [6, 6.07) is 20.7. The van der Waals surface area contributed by atoms with E-state index in [1.807, 2.05) is 23.1 Å². The first-order chi connectivity index (χ1) is 16.4. The monoisotopic (exact) mass is 479 g/mol. The molecule has 0 saturated carbocycles. The molecule has 0 aromatic heterocycles. The van der Waals surface area contributed by atoms with Crippen LogP contribution in [0.5, 0.6) is 0 Å². The Morgan fingerprint density at radius 2 is 1.50 bits per heavy atom. The van der Waals surface area contributed by atoms with Gasteiger partial charge in [0.2, 0.25) is 10.0 Å². The van der Waals surface area contributed by atoms with Crippen molar-refractivity contribution in [3.05, 3.63) is 89.7 Å². The van der Waals surface area contributed by atoms with Crippen molar-refractivity contribution in [2.45, 2.75) is 17.7 Å². The lowest BCUT2D eigenvalue weighted by atomic mass is 10.0. The number of carbonyl (C=O) groups is 1. The summed E-state index contributed by atoms with van der Waals surface area (Å²) < 4.78 is 42.3. The zero-order chi connectivity index (χ0) is 23.7. The number of hydrogen-bond acceptors (Lipinski definition) is 4. The number of fused-ring (bicyclic) bond motifs is 1. The highest BCUT2D eigenvalue weighted by atomic mass is 32.2. The third kappa shape index (κ3) is 4.19. The van der Waals surface area contributed by atoms with E-state index in [-0.39, 0.29) is 29.7 Å². The maximum Gasteiger partial charge on any atom is 0.258 e. The minimum Gasteiger partial charge on any atom is -0.367 e. The van der Waals surface area contributed by atoms with Gasteiger partial charge < -0.3 is 9.80 Å². The molecule has 176 valence electrons. The van der Waals surface area contributed by atoms with E-state index in [4.69, 9.17) is 0 Å². The van der Waals surface area contributed by atoms with Crippen LogP contribution in [0.4, 0.5) is 15.8 Å². The second-order valence-electron chi connectivity index (χ2n) is 8.56. The number of piperazine rings is 1. The molecule has 5 rings (SSSR count). The Labute approximate surface area is 199 Å². The maximum atomic E-state index is 14.1. The highest BCUT2D eigenvalue weighted by Gasteiger charge is 2.31. The number of carbonyl (C=O) groups excluding carboxylic acids is 1. The molecule has 0 bridgehead atoms. The first-order valence-corrected chi connectivity index (χ1v) is 12.9. The molecular formula is C26H26FN3O3S. The van der Waals surface area contributed by atoms with Gasteiger partial charge in [-0.25, -0.2) is 12.8 Å². The summed E-state index contributed by atoms with van der Waals surface area (Å²) in [7, 11) is -3.69. The number of anilines is 2. The normalized spacial score (nSPS) is 16.9. The second kappa shape index (κ2) is 9.19. The third-order valence-electron chi connectivity index (χ3n) is 6.51. The van der Waals surface area contributed by atoms with Crippen LogP contribution in [0.1, 0.15) is 22.3 Å². The van der Waals surface area contributed by atoms with Crippen molar-refractivity contribution in [2.75, 3.05) is 42.5 Å². The Hall–Kier alpha value is -3.23. The number of rotatable bonds is 4. The van der Waals surface area contributed by atoms with Crippen molar-refractivity contribution < 1.29 is 17.6 Å². The van der Waals surface area contributed by atoms with Gasteiger partial charge in [-0.15, -0.1) is 0 Å². The van der Waals surface area contributed by atoms with E-state index >= 15 is 0 Å². The van der Waals surface area contributed by atoms with E-state index in [9.17, 15) is 17.6 Å². The van der Waals surface area contributed by atoms with E-state index in [1.165, 1.54) is 10.4 Å². The fourth-order valence-electron chi connectivity index (χ4n) is 4.71. The van der Waals surface area contributed by atoms with Crippen LogP contribution in [0.25, 0.3) is 0 Å². The lowest BCUT2D eigenvalue weighted by molar-refractivity contribution is 0.0985. The van der Waals surface area contributed by atoms with Crippen molar-refractivity contribution >= 4 is 27.3 Å². The van der Waals surface area contributed by atoms with Gasteiger partial charge in [-0.05, 0) is 60.9 Å². The lowest BCUT2D eigenvalue weighted by Crippen LogP contribution is -2.49. The number of hydrogen-bond donors (Lipinski definition) is 0. The Balaban J connectivity index is 1.34. The van der Waals surface area contributed by atoms with E-state index < -0.39 is 10.0 Å². The number of sulfonamides is 1. The van der Waals surface area contributed by atoms with E-state index in [2.05, 4.69) is 0 Å². The van der Waals surface area contributed by atoms with Crippen molar-refractivity contribution in [2.24, 2.45) is 0 Å². The summed E-state index contributed by atoms with van der Waals surface area (Å²) in [6.07, 6.45) is 1.49. The average molecular weight is 480 g/mol. The molecule has 1 saturated heterocycles. The Bertz CT molecular complexity index is 1310. The summed E-state index contributed by atoms with van der Waals surface area (Å²) in [5, 5.41) is 0. The zero-order valence-electron chi connectivity index (χ0n) is 18.7. The molecule has 2 aliphatic rings. The molecular weight excluding hydrogens is 453 g/mol. The SMILES string of the molecule is O=C(c1ccccc1)N1CCCc2cc(S(=O)(=O)N3CCN(c4ccccc4F)CC3)ccc21. The van der Waals surface area contributed by atoms with Crippen LogP contribution < -0.4 is 9.80 Å². The standard InChI is InChI=1S/C26H26FN3O3S/c27-23-10-4-5-11-25(23)28-15-17-29(18-16-28)34(32,33)22-12-13-24-21(19-22)9-6-14-30(24)26(31)20-7-2-1-3-8-20/h1-5,7-8,10-13,19H,6,9,14-18H2. The van der Waals surface area contributed by atoms with E-state index in [0.29, 0.717) is 30.9 Å². The van der Waals surface area contributed by atoms with Crippen LogP contribution in [0, 0.1) is 5.82 Å². The minimum atomic E-state index is -3.69. The Morgan fingerprint density at radius 1 is 0.794 bits per heavy atom. The number of aryl methyl sites for hydroxylation is 1. The Kier molecular flexibility index (Phi) is 6.10. The first kappa shape index (κ1) is 22.6. The summed E-state index contributed by atoms with van der Waals surface area (Å²) in [5.41, 5.74) is 2.74. The first-order valence-electron chi connectivity index (χ1n) is 11.4. The smallest absolute Gasteiger partial charge is 0.258 e. The molecule has 3 aromatic carbocycles. The maximum absolute atomic E-state index is 14.1. The fourth-order valence-corrected chi connectivity index (χ4v) is 6.18. The molecule has 0 aliphatic carbocycles. The largest absolute Gasteiger partial charge is 0.367 e. The molecule has 0 radical (unpaired) electrons. The van der Waals surface area contributed by atoms with Gasteiger partial charge in [-0.3, -0.25) is 4.79 Å². The molecule has 0 N–H and O–H groups in total. The van der Waals surface area contributed by atoms with Gasteiger partial charge in [0.05, 0.1) is 10.6 Å². The van der Waals surface area contributed by atoms with Gasteiger partial charge in [0.15, 0.2) is 0 Å². The van der Waals surface area contributed by atoms with Crippen molar-refractivity contribution in [3.63, 3.8) is 0 Å². The number of halogens is 1. The van der Waals surface area contributed by atoms with Crippen LogP contribution in [-0.2, 0) is 16.4 Å².